The summed E-state index contributed by atoms with van der Waals surface area (Å²) in [6, 6.07) is 0. The van der Waals surface area contributed by atoms with Crippen LogP contribution in [0, 0.1) is 20.2 Å². The summed E-state index contributed by atoms with van der Waals surface area (Å²) in [5.74, 6) is 0. The number of H-pyrrole nitrogens is 1. The summed E-state index contributed by atoms with van der Waals surface area (Å²) in [4.78, 5) is 18.9. The van der Waals surface area contributed by atoms with Gasteiger partial charge in [0.05, 0.1) is 54.2 Å². The monoisotopic (exact) mass is 397 g/mol. The first-order valence-corrected chi connectivity index (χ1v) is 7.67. The number of aromatic amines is 1. The number of aliphatic hydroxyl groups excluding tert-OH is 2. The maximum Gasteiger partial charge on any atom is 0.306 e. The first-order chi connectivity index (χ1) is 13.4. The van der Waals surface area contributed by atoms with Gasteiger partial charge in [0, 0.05) is 6.20 Å². The zero-order valence-corrected chi connectivity index (χ0v) is 14.5. The van der Waals surface area contributed by atoms with Gasteiger partial charge in [-0.25, -0.2) is 0 Å². The molecule has 15 nitrogen and oxygen atoms in total. The summed E-state index contributed by atoms with van der Waals surface area (Å²) in [6.45, 7) is 0.824. The number of nitrogen functional groups attached to an aromatic ring is 1. The molecule has 28 heavy (non-hydrogen) atoms. The fourth-order valence-electron chi connectivity index (χ4n) is 1.62. The molecule has 5 N–H and O–H groups in total. The molecule has 0 unspecified atom stereocenters. The maximum atomic E-state index is 10.1. The van der Waals surface area contributed by atoms with Crippen molar-refractivity contribution >= 4 is 17.1 Å². The Morgan fingerprint density at radius 1 is 0.964 bits per heavy atom. The van der Waals surface area contributed by atoms with E-state index < -0.39 is 9.85 Å². The third-order valence-electron chi connectivity index (χ3n) is 2.84. The lowest BCUT2D eigenvalue weighted by atomic mass is 10.6. The van der Waals surface area contributed by atoms with Gasteiger partial charge < -0.3 is 15.9 Å². The van der Waals surface area contributed by atoms with Crippen molar-refractivity contribution in [1.29, 1.82) is 0 Å². The van der Waals surface area contributed by atoms with Crippen molar-refractivity contribution in [2.24, 2.45) is 0 Å². The van der Waals surface area contributed by atoms with Crippen molar-refractivity contribution in [2.45, 2.75) is 13.1 Å². The van der Waals surface area contributed by atoms with E-state index in [1.807, 2.05) is 0 Å². The Balaban J connectivity index is 0.000000213. The number of hydrogen-bond acceptors (Lipinski definition) is 10. The Labute approximate surface area is 157 Å². The molecule has 152 valence electrons. The van der Waals surface area contributed by atoms with Crippen LogP contribution in [0.3, 0.4) is 0 Å². The lowest BCUT2D eigenvalue weighted by Gasteiger charge is -1.92. The van der Waals surface area contributed by atoms with E-state index >= 15 is 0 Å². The van der Waals surface area contributed by atoms with E-state index in [0.717, 1.165) is 12.4 Å². The highest BCUT2D eigenvalue weighted by Gasteiger charge is 2.07. The SMILES string of the molecule is Nc1cnn(CCO)c1.O=[N+]([O-])c1cn[nH]c1.O=[N+]([O-])c1cnn(CCO)c1. The number of nitrogens with two attached hydrogens (primary N) is 1. The third-order valence-corrected chi connectivity index (χ3v) is 2.84. The molecule has 0 amide bonds. The minimum atomic E-state index is -0.527. The van der Waals surface area contributed by atoms with E-state index in [4.69, 9.17) is 15.9 Å². The minimum absolute atomic E-state index is 0.00926. The largest absolute Gasteiger partial charge is 0.396 e. The molecule has 0 saturated carbocycles. The van der Waals surface area contributed by atoms with Crippen LogP contribution < -0.4 is 5.73 Å². The van der Waals surface area contributed by atoms with Crippen LogP contribution in [0.25, 0.3) is 0 Å². The smallest absolute Gasteiger partial charge is 0.306 e. The number of rotatable bonds is 6. The summed E-state index contributed by atoms with van der Waals surface area (Å²) in [7, 11) is 0. The Bertz CT molecular complexity index is 844. The second-order valence-corrected chi connectivity index (χ2v) is 4.92. The second kappa shape index (κ2) is 11.7. The number of nitro groups is 2. The molecule has 0 aliphatic heterocycles. The van der Waals surface area contributed by atoms with E-state index in [1.165, 1.54) is 17.1 Å². The van der Waals surface area contributed by atoms with Crippen LogP contribution in [0.2, 0.25) is 0 Å². The van der Waals surface area contributed by atoms with E-state index in [1.54, 1.807) is 17.1 Å². The van der Waals surface area contributed by atoms with Crippen LogP contribution in [0.4, 0.5) is 17.1 Å². The molecule has 0 atom stereocenters. The van der Waals surface area contributed by atoms with Crippen LogP contribution in [-0.2, 0) is 13.1 Å². The molecule has 0 spiro atoms. The van der Waals surface area contributed by atoms with Crippen molar-refractivity contribution < 1.29 is 20.1 Å². The van der Waals surface area contributed by atoms with Gasteiger partial charge in [0.1, 0.15) is 18.6 Å². The number of nitrogens with one attached hydrogen (secondary N) is 1. The lowest BCUT2D eigenvalue weighted by molar-refractivity contribution is -0.385. The van der Waals surface area contributed by atoms with E-state index in [9.17, 15) is 20.2 Å². The number of anilines is 1. The highest BCUT2D eigenvalue weighted by Crippen LogP contribution is 2.06. The Morgan fingerprint density at radius 3 is 1.89 bits per heavy atom. The number of aliphatic hydroxyl groups is 2. The molecule has 0 bridgehead atoms. The van der Waals surface area contributed by atoms with Gasteiger partial charge in [0.2, 0.25) is 0 Å². The molecule has 3 aromatic rings. The summed E-state index contributed by atoms with van der Waals surface area (Å²) in [5, 5.41) is 50.0. The summed E-state index contributed by atoms with van der Waals surface area (Å²) >= 11 is 0. The van der Waals surface area contributed by atoms with Gasteiger partial charge in [0.25, 0.3) is 0 Å². The van der Waals surface area contributed by atoms with Gasteiger partial charge >= 0.3 is 11.4 Å². The molecule has 3 aromatic heterocycles. The normalized spacial score (nSPS) is 9.64. The second-order valence-electron chi connectivity index (χ2n) is 4.92. The molecule has 3 rings (SSSR count). The minimum Gasteiger partial charge on any atom is -0.396 e. The van der Waals surface area contributed by atoms with Crippen molar-refractivity contribution in [3.63, 3.8) is 0 Å². The van der Waals surface area contributed by atoms with Crippen molar-refractivity contribution in [1.82, 2.24) is 29.8 Å². The Hall–Kier alpha value is -3.85. The molecular formula is C13H19N9O6. The first kappa shape index (κ1) is 22.2. The summed E-state index contributed by atoms with van der Waals surface area (Å²) < 4.78 is 2.91. The molecule has 0 aliphatic rings. The van der Waals surface area contributed by atoms with Crippen molar-refractivity contribution in [3.8, 4) is 0 Å². The van der Waals surface area contributed by atoms with E-state index in [2.05, 4.69) is 20.4 Å². The van der Waals surface area contributed by atoms with Crippen LogP contribution in [-0.4, -0.2) is 63.0 Å². The summed E-state index contributed by atoms with van der Waals surface area (Å²) in [5.41, 5.74) is 5.91. The van der Waals surface area contributed by atoms with Gasteiger partial charge in [-0.2, -0.15) is 15.3 Å². The van der Waals surface area contributed by atoms with Crippen LogP contribution in [0.5, 0.6) is 0 Å². The van der Waals surface area contributed by atoms with Gasteiger partial charge in [-0.3, -0.25) is 34.7 Å². The lowest BCUT2D eigenvalue weighted by Crippen LogP contribution is -2.01. The highest BCUT2D eigenvalue weighted by atomic mass is 16.6. The van der Waals surface area contributed by atoms with E-state index in [-0.39, 0.29) is 31.1 Å². The quantitative estimate of drug-likeness (QED) is 0.310. The molecule has 0 aromatic carbocycles. The average molecular weight is 397 g/mol. The number of hydrogen-bond donors (Lipinski definition) is 4. The van der Waals surface area contributed by atoms with E-state index in [0.29, 0.717) is 12.2 Å². The summed E-state index contributed by atoms with van der Waals surface area (Å²) in [6.07, 6.45) is 8.03. The fourth-order valence-corrected chi connectivity index (χ4v) is 1.62. The van der Waals surface area contributed by atoms with Crippen LogP contribution in [0.1, 0.15) is 0 Å². The van der Waals surface area contributed by atoms with Crippen molar-refractivity contribution in [2.75, 3.05) is 18.9 Å². The molecule has 15 heteroatoms. The maximum absolute atomic E-state index is 10.1. The zero-order valence-electron chi connectivity index (χ0n) is 14.5. The molecular weight excluding hydrogens is 378 g/mol. The topological polar surface area (TPSA) is 217 Å². The van der Waals surface area contributed by atoms with Gasteiger partial charge in [-0.15, -0.1) is 0 Å². The van der Waals surface area contributed by atoms with Gasteiger partial charge in [-0.1, -0.05) is 0 Å². The predicted molar refractivity (Wildman–Crippen MR) is 94.9 cm³/mol. The standard InChI is InChI=1S/C5H7N3O3.C5H9N3O.C3H3N3O2/c9-2-1-7-4-5(3-6-7)8(10)11;6-5-3-7-8(4-5)1-2-9;7-6(8)3-1-4-5-2-3/h3-4,9H,1-2H2;3-4,9H,1-2,6H2;1-2H,(H,4,5). The molecule has 0 radical (unpaired) electrons. The van der Waals surface area contributed by atoms with Crippen molar-refractivity contribution in [3.05, 3.63) is 57.4 Å². The van der Waals surface area contributed by atoms with Crippen LogP contribution >= 0.6 is 0 Å². The molecule has 0 aliphatic carbocycles. The predicted octanol–water partition coefficient (Wildman–Crippen LogP) is -0.441. The average Bonchev–Trinajstić information content (AvgIpc) is 3.38. The third kappa shape index (κ3) is 8.02. The Morgan fingerprint density at radius 2 is 1.54 bits per heavy atom. The van der Waals surface area contributed by atoms with Crippen LogP contribution in [0.15, 0.2) is 37.2 Å². The Kier molecular flexibility index (Phi) is 9.28. The zero-order chi connectivity index (χ0) is 20.9. The van der Waals surface area contributed by atoms with Gasteiger partial charge in [0.15, 0.2) is 0 Å². The molecule has 0 fully saturated rings. The molecule has 0 saturated heterocycles. The molecule has 3 heterocycles. The number of aromatic nitrogens is 6. The number of nitrogens with zero attached hydrogens (tertiary/aromatic N) is 7. The highest BCUT2D eigenvalue weighted by molar-refractivity contribution is 5.30. The van der Waals surface area contributed by atoms with Gasteiger partial charge in [-0.05, 0) is 0 Å². The first-order valence-electron chi connectivity index (χ1n) is 7.67. The fraction of sp³-hybridized carbons (Fsp3) is 0.308.